The second kappa shape index (κ2) is 5.15. The van der Waals surface area contributed by atoms with E-state index in [2.05, 4.69) is 47.1 Å². The van der Waals surface area contributed by atoms with Crippen LogP contribution in [0.1, 0.15) is 25.7 Å². The molecule has 0 spiro atoms. The second-order valence-electron chi connectivity index (χ2n) is 5.54. The van der Waals surface area contributed by atoms with Crippen molar-refractivity contribution >= 4 is 5.69 Å². The third-order valence-corrected chi connectivity index (χ3v) is 4.30. The van der Waals surface area contributed by atoms with E-state index in [0.717, 1.165) is 18.6 Å². The Bertz CT molecular complexity index is 389. The maximum absolute atomic E-state index is 3.92. The van der Waals surface area contributed by atoms with E-state index in [0.29, 0.717) is 6.04 Å². The maximum Gasteiger partial charge on any atom is 0.0371 e. The van der Waals surface area contributed by atoms with Crippen LogP contribution in [0, 0.1) is 0 Å². The molecule has 18 heavy (non-hydrogen) atoms. The van der Waals surface area contributed by atoms with Crippen LogP contribution in [0.2, 0.25) is 0 Å². The van der Waals surface area contributed by atoms with Gasteiger partial charge in [-0.25, -0.2) is 0 Å². The summed E-state index contributed by atoms with van der Waals surface area (Å²) in [5.74, 6) is 0. The Morgan fingerprint density at radius 1 is 1.17 bits per heavy atom. The minimum absolute atomic E-state index is 0.671. The van der Waals surface area contributed by atoms with Crippen molar-refractivity contribution in [3.8, 4) is 0 Å². The Hall–Kier alpha value is -1.28. The van der Waals surface area contributed by atoms with E-state index in [9.17, 15) is 0 Å². The Balaban J connectivity index is 1.79. The lowest BCUT2D eigenvalue weighted by atomic mass is 9.97. The van der Waals surface area contributed by atoms with Crippen molar-refractivity contribution in [2.45, 2.75) is 43.8 Å². The number of benzene rings is 1. The summed E-state index contributed by atoms with van der Waals surface area (Å²) < 4.78 is 0. The molecule has 0 radical (unpaired) electrons. The average molecular weight is 242 g/mol. The van der Waals surface area contributed by atoms with Gasteiger partial charge in [0.05, 0.1) is 0 Å². The number of nitrogens with one attached hydrogen (secondary N) is 1. The summed E-state index contributed by atoms with van der Waals surface area (Å²) in [6.07, 6.45) is 7.30. The molecule has 2 bridgehead atoms. The zero-order chi connectivity index (χ0) is 12.4. The molecule has 1 aromatic rings. The summed E-state index contributed by atoms with van der Waals surface area (Å²) in [4.78, 5) is 2.53. The number of piperidine rings is 1. The number of anilines is 1. The van der Waals surface area contributed by atoms with E-state index in [-0.39, 0.29) is 0 Å². The molecule has 96 valence electrons. The fourth-order valence-electron chi connectivity index (χ4n) is 3.51. The molecule has 2 atom stereocenters. The Labute approximate surface area is 110 Å². The average Bonchev–Trinajstić information content (AvgIpc) is 2.76. The Kier molecular flexibility index (Phi) is 3.37. The highest BCUT2D eigenvalue weighted by molar-refractivity contribution is 5.48. The molecule has 0 aromatic heterocycles. The van der Waals surface area contributed by atoms with E-state index >= 15 is 0 Å². The molecule has 2 saturated heterocycles. The highest BCUT2D eigenvalue weighted by Gasteiger charge is 2.35. The van der Waals surface area contributed by atoms with Crippen LogP contribution in [0.3, 0.4) is 0 Å². The first-order chi connectivity index (χ1) is 8.86. The van der Waals surface area contributed by atoms with Gasteiger partial charge in [0.15, 0.2) is 0 Å². The van der Waals surface area contributed by atoms with Gasteiger partial charge >= 0.3 is 0 Å². The molecule has 2 nitrogen and oxygen atoms in total. The summed E-state index contributed by atoms with van der Waals surface area (Å²) in [6, 6.07) is 12.9. The molecule has 0 saturated carbocycles. The number of hydrogen-bond acceptors (Lipinski definition) is 2. The van der Waals surface area contributed by atoms with Crippen LogP contribution in [0.4, 0.5) is 5.69 Å². The van der Waals surface area contributed by atoms with Crippen molar-refractivity contribution in [2.24, 2.45) is 0 Å². The van der Waals surface area contributed by atoms with Gasteiger partial charge in [0.1, 0.15) is 0 Å². The summed E-state index contributed by atoms with van der Waals surface area (Å²) >= 11 is 0. The molecule has 2 aliphatic heterocycles. The molecule has 2 aliphatic rings. The lowest BCUT2D eigenvalue weighted by molar-refractivity contribution is 0.351. The van der Waals surface area contributed by atoms with Crippen LogP contribution in [0.5, 0.6) is 0 Å². The molecule has 2 unspecified atom stereocenters. The minimum Gasteiger partial charge on any atom is -0.365 e. The van der Waals surface area contributed by atoms with Crippen molar-refractivity contribution in [1.82, 2.24) is 5.32 Å². The molecule has 0 aliphatic carbocycles. The Morgan fingerprint density at radius 3 is 2.44 bits per heavy atom. The van der Waals surface area contributed by atoms with Gasteiger partial charge in [-0.3, -0.25) is 0 Å². The largest absolute Gasteiger partial charge is 0.365 e. The van der Waals surface area contributed by atoms with Crippen LogP contribution in [-0.2, 0) is 0 Å². The summed E-state index contributed by atoms with van der Waals surface area (Å²) in [6.45, 7) is 4.87. The number of hydrogen-bond donors (Lipinski definition) is 1. The predicted molar refractivity (Wildman–Crippen MR) is 77.0 cm³/mol. The molecule has 0 amide bonds. The lowest BCUT2D eigenvalue weighted by Crippen LogP contribution is -2.48. The molecule has 2 fully saturated rings. The third-order valence-electron chi connectivity index (χ3n) is 4.30. The molecular weight excluding hydrogens is 220 g/mol. The second-order valence-corrected chi connectivity index (χ2v) is 5.54. The first-order valence-corrected chi connectivity index (χ1v) is 7.05. The lowest BCUT2D eigenvalue weighted by Gasteiger charge is -2.38. The molecule has 1 N–H and O–H groups in total. The monoisotopic (exact) mass is 242 g/mol. The Morgan fingerprint density at radius 2 is 1.83 bits per heavy atom. The van der Waals surface area contributed by atoms with Gasteiger partial charge in [0, 0.05) is 30.4 Å². The smallest absolute Gasteiger partial charge is 0.0371 e. The number of rotatable bonds is 4. The van der Waals surface area contributed by atoms with Crippen molar-refractivity contribution in [2.75, 3.05) is 11.4 Å². The maximum atomic E-state index is 3.92. The molecule has 2 heterocycles. The first-order valence-electron chi connectivity index (χ1n) is 7.05. The van der Waals surface area contributed by atoms with E-state index < -0.39 is 0 Å². The molecule has 2 heteroatoms. The first kappa shape index (κ1) is 11.8. The van der Waals surface area contributed by atoms with Crippen LogP contribution >= 0.6 is 0 Å². The number of fused-ring (bicyclic) bond motifs is 2. The van der Waals surface area contributed by atoms with Gasteiger partial charge in [0.2, 0.25) is 0 Å². The fourth-order valence-corrected chi connectivity index (χ4v) is 3.51. The van der Waals surface area contributed by atoms with E-state index in [1.54, 1.807) is 0 Å². The quantitative estimate of drug-likeness (QED) is 0.817. The zero-order valence-corrected chi connectivity index (χ0v) is 10.9. The van der Waals surface area contributed by atoms with Gasteiger partial charge in [-0.05, 0) is 37.8 Å². The number of para-hydroxylation sites is 1. The molecular formula is C16H22N2. The van der Waals surface area contributed by atoms with Gasteiger partial charge < -0.3 is 10.2 Å². The van der Waals surface area contributed by atoms with Crippen LogP contribution < -0.4 is 10.2 Å². The van der Waals surface area contributed by atoms with E-state index in [1.807, 2.05) is 6.08 Å². The molecule has 3 rings (SSSR count). The predicted octanol–water partition coefficient (Wildman–Crippen LogP) is 2.96. The SMILES string of the molecule is C=CCN(c1ccccc1)C1CC2CCC(C1)N2. The van der Waals surface area contributed by atoms with Gasteiger partial charge in [-0.15, -0.1) is 6.58 Å². The summed E-state index contributed by atoms with van der Waals surface area (Å²) in [7, 11) is 0. The molecule has 1 aromatic carbocycles. The van der Waals surface area contributed by atoms with Crippen LogP contribution in [0.15, 0.2) is 43.0 Å². The minimum atomic E-state index is 0.671. The van der Waals surface area contributed by atoms with Gasteiger partial charge in [-0.2, -0.15) is 0 Å². The van der Waals surface area contributed by atoms with Gasteiger partial charge in [-0.1, -0.05) is 24.3 Å². The van der Waals surface area contributed by atoms with Crippen molar-refractivity contribution < 1.29 is 0 Å². The van der Waals surface area contributed by atoms with Crippen molar-refractivity contribution in [1.29, 1.82) is 0 Å². The van der Waals surface area contributed by atoms with E-state index in [1.165, 1.54) is 31.4 Å². The third kappa shape index (κ3) is 2.30. The summed E-state index contributed by atoms with van der Waals surface area (Å²) in [5.41, 5.74) is 1.34. The van der Waals surface area contributed by atoms with Crippen LogP contribution in [-0.4, -0.2) is 24.7 Å². The standard InChI is InChI=1S/C16H22N2/c1-2-10-18(15-6-4-3-5-7-15)16-11-13-8-9-14(12-16)17-13/h2-7,13-14,16-17H,1,8-12H2. The van der Waals surface area contributed by atoms with E-state index in [4.69, 9.17) is 0 Å². The van der Waals surface area contributed by atoms with Gasteiger partial charge in [0.25, 0.3) is 0 Å². The zero-order valence-electron chi connectivity index (χ0n) is 10.9. The topological polar surface area (TPSA) is 15.3 Å². The number of nitrogens with zero attached hydrogens (tertiary/aromatic N) is 1. The fraction of sp³-hybridized carbons (Fsp3) is 0.500. The normalized spacial score (nSPS) is 30.1. The summed E-state index contributed by atoms with van der Waals surface area (Å²) in [5, 5.41) is 3.72. The van der Waals surface area contributed by atoms with Crippen LogP contribution in [0.25, 0.3) is 0 Å². The highest BCUT2D eigenvalue weighted by atomic mass is 15.2. The highest BCUT2D eigenvalue weighted by Crippen LogP contribution is 2.32. The van der Waals surface area contributed by atoms with Crippen molar-refractivity contribution in [3.05, 3.63) is 43.0 Å². The van der Waals surface area contributed by atoms with Crippen molar-refractivity contribution in [3.63, 3.8) is 0 Å².